The Hall–Kier alpha value is -3.15. The third-order valence-electron chi connectivity index (χ3n) is 5.86. The second-order valence-corrected chi connectivity index (χ2v) is 13.7. The molecular weight excluding hydrogens is 438 g/mol. The topological polar surface area (TPSA) is 47.6 Å². The molecule has 0 aromatic heterocycles. The molecule has 4 nitrogen and oxygen atoms in total. The summed E-state index contributed by atoms with van der Waals surface area (Å²) in [4.78, 5) is 12.0. The van der Waals surface area contributed by atoms with Crippen LogP contribution in [-0.2, 0) is 15.7 Å². The van der Waals surface area contributed by atoms with Crippen molar-refractivity contribution in [3.8, 4) is 0 Å². The van der Waals surface area contributed by atoms with Gasteiger partial charge in [-0.3, -0.25) is 0 Å². The van der Waals surface area contributed by atoms with E-state index in [0.717, 1.165) is 11.1 Å². The third-order valence-corrected chi connectivity index (χ3v) is 10.8. The number of nitrogens with one attached hydrogen (secondary N) is 1. The van der Waals surface area contributed by atoms with Crippen molar-refractivity contribution < 1.29 is 14.0 Å². The van der Waals surface area contributed by atoms with Crippen LogP contribution in [0.1, 0.15) is 33.3 Å². The molecule has 3 aromatic carbocycles. The van der Waals surface area contributed by atoms with E-state index in [-0.39, 0.29) is 11.6 Å². The maximum Gasteiger partial charge on any atom is 0.407 e. The largest absolute Gasteiger partial charge is 0.445 e. The molecule has 34 heavy (non-hydrogen) atoms. The van der Waals surface area contributed by atoms with Gasteiger partial charge in [-0.25, -0.2) is 4.79 Å². The molecule has 0 radical (unpaired) electrons. The molecule has 0 aliphatic heterocycles. The van der Waals surface area contributed by atoms with Crippen molar-refractivity contribution in [3.05, 3.63) is 108 Å². The molecule has 0 bridgehead atoms. The van der Waals surface area contributed by atoms with Gasteiger partial charge in [-0.15, -0.1) is 0 Å². The number of hydrogen-bond acceptors (Lipinski definition) is 3. The summed E-state index contributed by atoms with van der Waals surface area (Å²) in [6.07, 6.45) is 1.49. The molecule has 3 aromatic rings. The number of alkyl carbamates (subject to hydrolysis) is 1. The highest BCUT2D eigenvalue weighted by Gasteiger charge is 2.50. The van der Waals surface area contributed by atoms with E-state index < -0.39 is 14.4 Å². The first-order valence-corrected chi connectivity index (χ1v) is 13.6. The summed E-state index contributed by atoms with van der Waals surface area (Å²) in [6.45, 7) is 9.93. The molecule has 3 rings (SSSR count). The van der Waals surface area contributed by atoms with Crippen LogP contribution >= 0.6 is 0 Å². The van der Waals surface area contributed by atoms with Crippen LogP contribution in [0.15, 0.2) is 103 Å². The molecule has 0 saturated carbocycles. The Morgan fingerprint density at radius 2 is 1.35 bits per heavy atom. The van der Waals surface area contributed by atoms with Gasteiger partial charge in [-0.05, 0) is 39.5 Å². The fraction of sp³-hybridized carbons (Fsp3) is 0.276. The van der Waals surface area contributed by atoms with Crippen LogP contribution in [0.4, 0.5) is 4.79 Å². The minimum Gasteiger partial charge on any atom is -0.445 e. The fourth-order valence-electron chi connectivity index (χ4n) is 4.12. The van der Waals surface area contributed by atoms with E-state index in [0.29, 0.717) is 13.2 Å². The van der Waals surface area contributed by atoms with Gasteiger partial charge in [0, 0.05) is 6.54 Å². The first-order valence-electron chi connectivity index (χ1n) is 11.7. The van der Waals surface area contributed by atoms with Gasteiger partial charge >= 0.3 is 6.09 Å². The average molecular weight is 474 g/mol. The average Bonchev–Trinajstić information content (AvgIpc) is 2.84. The van der Waals surface area contributed by atoms with Crippen LogP contribution in [0.5, 0.6) is 0 Å². The Bertz CT molecular complexity index is 1020. The summed E-state index contributed by atoms with van der Waals surface area (Å²) in [7, 11) is -2.58. The molecule has 1 amide bonds. The second-order valence-electron chi connectivity index (χ2n) is 9.44. The minimum absolute atomic E-state index is 0.0796. The van der Waals surface area contributed by atoms with E-state index in [1.165, 1.54) is 10.4 Å². The summed E-state index contributed by atoms with van der Waals surface area (Å²) in [5, 5.41) is 5.19. The van der Waals surface area contributed by atoms with Gasteiger partial charge in [0.2, 0.25) is 0 Å². The molecule has 0 aliphatic rings. The van der Waals surface area contributed by atoms with Crippen LogP contribution in [-0.4, -0.2) is 27.6 Å². The fourth-order valence-corrected chi connectivity index (χ4v) is 8.72. The van der Waals surface area contributed by atoms with E-state index in [1.54, 1.807) is 0 Å². The molecule has 0 atom stereocenters. The number of rotatable bonds is 9. The normalized spacial score (nSPS) is 12.3. The molecule has 0 heterocycles. The number of carbonyl (C=O) groups is 1. The highest BCUT2D eigenvalue weighted by molar-refractivity contribution is 6.99. The number of carbonyl (C=O) groups excluding carboxylic acids is 1. The van der Waals surface area contributed by atoms with Crippen molar-refractivity contribution in [2.75, 3.05) is 13.2 Å². The van der Waals surface area contributed by atoms with Crippen molar-refractivity contribution in [2.45, 2.75) is 39.3 Å². The summed E-state index contributed by atoms with van der Waals surface area (Å²) < 4.78 is 12.2. The number of ether oxygens (including phenoxy) is 1. The molecule has 0 spiro atoms. The van der Waals surface area contributed by atoms with Gasteiger partial charge < -0.3 is 14.5 Å². The molecule has 178 valence electrons. The molecule has 0 unspecified atom stereocenters. The molecular formula is C29H35NO3Si. The summed E-state index contributed by atoms with van der Waals surface area (Å²) in [6, 6.07) is 30.9. The minimum atomic E-state index is -2.58. The lowest BCUT2D eigenvalue weighted by Crippen LogP contribution is -2.66. The number of benzene rings is 3. The Morgan fingerprint density at radius 3 is 1.85 bits per heavy atom. The van der Waals surface area contributed by atoms with Crippen LogP contribution in [0.3, 0.4) is 0 Å². The molecule has 0 fully saturated rings. The zero-order valence-corrected chi connectivity index (χ0v) is 21.6. The quantitative estimate of drug-likeness (QED) is 0.333. The van der Waals surface area contributed by atoms with Crippen molar-refractivity contribution in [2.24, 2.45) is 0 Å². The van der Waals surface area contributed by atoms with E-state index in [2.05, 4.69) is 74.6 Å². The van der Waals surface area contributed by atoms with Gasteiger partial charge in [0.25, 0.3) is 8.32 Å². The number of amides is 1. The Balaban J connectivity index is 1.68. The van der Waals surface area contributed by atoms with E-state index in [1.807, 2.05) is 55.5 Å². The maximum absolute atomic E-state index is 12.0. The SMILES string of the molecule is C/C(=C\COC(=O)NCc1ccccc1)CO[Si](c1ccccc1)(c1ccccc1)C(C)(C)C. The van der Waals surface area contributed by atoms with Gasteiger partial charge in [0.1, 0.15) is 6.61 Å². The van der Waals surface area contributed by atoms with Crippen molar-refractivity contribution in [1.29, 1.82) is 0 Å². The lowest BCUT2D eigenvalue weighted by atomic mass is 10.2. The molecule has 5 heteroatoms. The first-order chi connectivity index (χ1) is 16.3. The van der Waals surface area contributed by atoms with E-state index in [4.69, 9.17) is 9.16 Å². The monoisotopic (exact) mass is 473 g/mol. The zero-order valence-electron chi connectivity index (χ0n) is 20.6. The van der Waals surface area contributed by atoms with Crippen LogP contribution in [0.2, 0.25) is 5.04 Å². The van der Waals surface area contributed by atoms with Gasteiger partial charge in [0.05, 0.1) is 6.61 Å². The Morgan fingerprint density at radius 1 is 0.853 bits per heavy atom. The third kappa shape index (κ3) is 6.46. The summed E-state index contributed by atoms with van der Waals surface area (Å²) >= 11 is 0. The molecule has 1 N–H and O–H groups in total. The number of hydrogen-bond donors (Lipinski definition) is 1. The second kappa shape index (κ2) is 11.8. The van der Waals surface area contributed by atoms with Gasteiger partial charge in [-0.1, -0.05) is 112 Å². The van der Waals surface area contributed by atoms with Gasteiger partial charge in [0.15, 0.2) is 0 Å². The van der Waals surface area contributed by atoms with Crippen LogP contribution in [0, 0.1) is 0 Å². The summed E-state index contributed by atoms with van der Waals surface area (Å²) in [5.41, 5.74) is 2.06. The Labute approximate surface area is 204 Å². The van der Waals surface area contributed by atoms with E-state index >= 15 is 0 Å². The van der Waals surface area contributed by atoms with Crippen molar-refractivity contribution in [1.82, 2.24) is 5.32 Å². The van der Waals surface area contributed by atoms with Crippen molar-refractivity contribution >= 4 is 24.8 Å². The first kappa shape index (κ1) is 25.5. The van der Waals surface area contributed by atoms with Gasteiger partial charge in [-0.2, -0.15) is 0 Å². The Kier molecular flexibility index (Phi) is 8.85. The molecule has 0 saturated heterocycles. The maximum atomic E-state index is 12.0. The van der Waals surface area contributed by atoms with E-state index in [9.17, 15) is 4.79 Å². The lowest BCUT2D eigenvalue weighted by Gasteiger charge is -2.43. The lowest BCUT2D eigenvalue weighted by molar-refractivity contribution is 0.157. The standard InChI is InChI=1S/C29H35NO3Si/c1-24(20-21-32-28(31)30-22-25-14-8-5-9-15-25)23-33-34(29(2,3)4,26-16-10-6-11-17-26)27-18-12-7-13-19-27/h5-20H,21-23H2,1-4H3,(H,30,31)/b24-20+. The highest BCUT2D eigenvalue weighted by atomic mass is 28.4. The predicted molar refractivity (Wildman–Crippen MR) is 142 cm³/mol. The molecule has 0 aliphatic carbocycles. The van der Waals surface area contributed by atoms with Crippen molar-refractivity contribution in [3.63, 3.8) is 0 Å². The summed E-state index contributed by atoms with van der Waals surface area (Å²) in [5.74, 6) is 0. The predicted octanol–water partition coefficient (Wildman–Crippen LogP) is 5.44. The highest BCUT2D eigenvalue weighted by Crippen LogP contribution is 2.36. The zero-order chi connectivity index (χ0) is 24.4. The smallest absolute Gasteiger partial charge is 0.407 e. The van der Waals surface area contributed by atoms with Crippen LogP contribution < -0.4 is 15.7 Å². The van der Waals surface area contributed by atoms with Crippen LogP contribution in [0.25, 0.3) is 0 Å².